The minimum atomic E-state index is -0.0699. The lowest BCUT2D eigenvalue weighted by Gasteiger charge is -2.30. The number of H-pyrrole nitrogens is 1. The minimum absolute atomic E-state index is 0.0699. The number of allylic oxidation sites excluding steroid dienone is 1. The van der Waals surface area contributed by atoms with E-state index in [2.05, 4.69) is 20.7 Å². The van der Waals surface area contributed by atoms with Gasteiger partial charge in [-0.2, -0.15) is 0 Å². The van der Waals surface area contributed by atoms with Crippen LogP contribution in [0.5, 0.6) is 0 Å². The lowest BCUT2D eigenvalue weighted by Crippen LogP contribution is -2.38. The van der Waals surface area contributed by atoms with Gasteiger partial charge in [0.15, 0.2) is 11.6 Å². The van der Waals surface area contributed by atoms with Gasteiger partial charge in [0.25, 0.3) is 0 Å². The molecule has 0 saturated carbocycles. The summed E-state index contributed by atoms with van der Waals surface area (Å²) in [6.07, 6.45) is 1.88. The van der Waals surface area contributed by atoms with Gasteiger partial charge in [0.1, 0.15) is 5.70 Å². The third kappa shape index (κ3) is 3.46. The highest BCUT2D eigenvalue weighted by atomic mass is 35.5. The van der Waals surface area contributed by atoms with Crippen molar-refractivity contribution in [2.45, 2.75) is 13.8 Å². The molecular weight excluding hydrogens is 374 g/mol. The van der Waals surface area contributed by atoms with E-state index >= 15 is 0 Å². The number of carbonyl (C=O) groups excluding carboxylic acids is 1. The molecule has 142 valence electrons. The molecule has 0 spiro atoms. The summed E-state index contributed by atoms with van der Waals surface area (Å²) in [5.74, 6) is 0.544. The van der Waals surface area contributed by atoms with E-state index in [-0.39, 0.29) is 5.78 Å². The average molecular weight is 394 g/mol. The molecular formula is C21H20ClN5O. The number of anilines is 1. The number of rotatable bonds is 5. The van der Waals surface area contributed by atoms with Crippen LogP contribution in [0.3, 0.4) is 0 Å². The summed E-state index contributed by atoms with van der Waals surface area (Å²) in [6, 6.07) is 15.2. The molecule has 2 aromatic carbocycles. The molecule has 0 atom stereocenters. The number of hydrogen-bond donors (Lipinski definition) is 3. The van der Waals surface area contributed by atoms with Crippen LogP contribution < -0.4 is 10.7 Å². The Morgan fingerprint density at radius 1 is 1.21 bits per heavy atom. The van der Waals surface area contributed by atoms with E-state index < -0.39 is 0 Å². The topological polar surface area (TPSA) is 73.0 Å². The molecule has 3 aromatic rings. The fourth-order valence-electron chi connectivity index (χ4n) is 3.18. The van der Waals surface area contributed by atoms with Gasteiger partial charge in [-0.15, -0.1) is 0 Å². The number of ketones is 1. The maximum atomic E-state index is 12.6. The predicted molar refractivity (Wildman–Crippen MR) is 112 cm³/mol. The molecule has 1 aromatic heterocycles. The molecule has 7 heteroatoms. The molecule has 0 amide bonds. The highest BCUT2D eigenvalue weighted by Crippen LogP contribution is 2.29. The number of aromatic nitrogens is 2. The number of hydrazine groups is 1. The van der Waals surface area contributed by atoms with Crippen LogP contribution >= 0.6 is 11.6 Å². The normalized spacial score (nSPS) is 14.1. The molecule has 1 aliphatic heterocycles. The molecule has 0 saturated heterocycles. The van der Waals surface area contributed by atoms with Crippen molar-refractivity contribution >= 4 is 39.8 Å². The lowest BCUT2D eigenvalue weighted by molar-refractivity contribution is -0.113. The zero-order valence-electron chi connectivity index (χ0n) is 15.6. The first-order chi connectivity index (χ1) is 13.5. The quantitative estimate of drug-likeness (QED) is 0.602. The van der Waals surface area contributed by atoms with E-state index in [9.17, 15) is 4.79 Å². The van der Waals surface area contributed by atoms with E-state index in [1.54, 1.807) is 6.92 Å². The van der Waals surface area contributed by atoms with Crippen molar-refractivity contribution in [3.05, 3.63) is 76.8 Å². The molecule has 28 heavy (non-hydrogen) atoms. The lowest BCUT2D eigenvalue weighted by atomic mass is 10.0. The second kappa shape index (κ2) is 7.40. The van der Waals surface area contributed by atoms with Gasteiger partial charge in [-0.25, -0.2) is 4.98 Å². The Labute approximate surface area is 167 Å². The number of halogens is 1. The van der Waals surface area contributed by atoms with Gasteiger partial charge in [0.2, 0.25) is 0 Å². The Bertz CT molecular complexity index is 1080. The number of nitrogens with zero attached hydrogens (tertiary/aromatic N) is 2. The van der Waals surface area contributed by atoms with Crippen molar-refractivity contribution in [1.82, 2.24) is 20.4 Å². The van der Waals surface area contributed by atoms with E-state index in [0.29, 0.717) is 34.4 Å². The number of hydrogen-bond acceptors (Lipinski definition) is 5. The Morgan fingerprint density at radius 3 is 2.75 bits per heavy atom. The summed E-state index contributed by atoms with van der Waals surface area (Å²) in [5, 5.41) is 5.85. The number of nitrogens with one attached hydrogen (secondary N) is 3. The van der Waals surface area contributed by atoms with Crippen LogP contribution in [0, 0.1) is 0 Å². The van der Waals surface area contributed by atoms with Crippen LogP contribution in [0.25, 0.3) is 16.7 Å². The fourth-order valence-corrected chi connectivity index (χ4v) is 3.37. The van der Waals surface area contributed by atoms with Crippen molar-refractivity contribution in [1.29, 1.82) is 0 Å². The summed E-state index contributed by atoms with van der Waals surface area (Å²) in [5.41, 5.74) is 7.71. The number of aromatic amines is 1. The van der Waals surface area contributed by atoms with Crippen molar-refractivity contribution < 1.29 is 4.79 Å². The number of carbonyl (C=O) groups is 1. The summed E-state index contributed by atoms with van der Waals surface area (Å²) in [4.78, 5) is 20.6. The Kier molecular flexibility index (Phi) is 4.79. The van der Waals surface area contributed by atoms with Gasteiger partial charge >= 0.3 is 0 Å². The first-order valence-electron chi connectivity index (χ1n) is 9.03. The zero-order chi connectivity index (χ0) is 19.7. The van der Waals surface area contributed by atoms with Crippen molar-refractivity contribution in [2.24, 2.45) is 0 Å². The van der Waals surface area contributed by atoms with E-state index in [1.807, 2.05) is 66.7 Å². The highest BCUT2D eigenvalue weighted by Gasteiger charge is 2.26. The first-order valence-corrected chi connectivity index (χ1v) is 9.41. The van der Waals surface area contributed by atoms with E-state index in [1.165, 1.54) is 0 Å². The van der Waals surface area contributed by atoms with Crippen LogP contribution in [0.1, 0.15) is 19.7 Å². The van der Waals surface area contributed by atoms with Gasteiger partial charge in [-0.3, -0.25) is 15.2 Å². The second-order valence-corrected chi connectivity index (χ2v) is 6.92. The zero-order valence-corrected chi connectivity index (χ0v) is 16.3. The number of benzene rings is 2. The number of fused-ring (bicyclic) bond motifs is 1. The maximum Gasteiger partial charge on any atom is 0.164 e. The number of Topliss-reactive ketones (excluding diaryl/α,β-unsaturated/α-hetero) is 1. The van der Waals surface area contributed by atoms with Crippen molar-refractivity contribution in [3.63, 3.8) is 0 Å². The average Bonchev–Trinajstić information content (AvgIpc) is 3.11. The van der Waals surface area contributed by atoms with Gasteiger partial charge in [0, 0.05) is 23.5 Å². The number of para-hydroxylation sites is 2. The molecule has 2 heterocycles. The van der Waals surface area contributed by atoms with Crippen molar-refractivity contribution in [2.75, 3.05) is 11.9 Å². The smallest absolute Gasteiger partial charge is 0.164 e. The summed E-state index contributed by atoms with van der Waals surface area (Å²) in [6.45, 7) is 4.28. The Balaban J connectivity index is 1.83. The van der Waals surface area contributed by atoms with Crippen LogP contribution in [0.2, 0.25) is 5.02 Å². The van der Waals surface area contributed by atoms with Crippen LogP contribution in [-0.2, 0) is 4.79 Å². The van der Waals surface area contributed by atoms with Gasteiger partial charge in [0.05, 0.1) is 22.3 Å². The monoisotopic (exact) mass is 393 g/mol. The maximum absolute atomic E-state index is 12.6. The molecule has 1 aliphatic rings. The minimum Gasteiger partial charge on any atom is -0.354 e. The Hall–Kier alpha value is -3.25. The molecule has 6 nitrogen and oxygen atoms in total. The molecule has 0 radical (unpaired) electrons. The van der Waals surface area contributed by atoms with Crippen molar-refractivity contribution in [3.8, 4) is 0 Å². The van der Waals surface area contributed by atoms with Gasteiger partial charge in [-0.05, 0) is 44.2 Å². The third-order valence-corrected chi connectivity index (χ3v) is 4.72. The van der Waals surface area contributed by atoms with Crippen LogP contribution in [0.15, 0.2) is 66.0 Å². The Morgan fingerprint density at radius 2 is 2.04 bits per heavy atom. The van der Waals surface area contributed by atoms with Crippen LogP contribution in [-0.4, -0.2) is 27.3 Å². The summed E-state index contributed by atoms with van der Waals surface area (Å²) >= 11 is 6.11. The third-order valence-electron chi connectivity index (χ3n) is 4.48. The summed E-state index contributed by atoms with van der Waals surface area (Å²) in [7, 11) is 0. The SMILES string of the molecule is CCN1C=C(Nc2cccc(Cl)c2)C(C(C)=O)=C(c2nc3ccccc3[nH]2)N1. The summed E-state index contributed by atoms with van der Waals surface area (Å²) < 4.78 is 0. The first kappa shape index (κ1) is 18.1. The molecule has 0 aliphatic carbocycles. The second-order valence-electron chi connectivity index (χ2n) is 6.48. The molecule has 4 rings (SSSR count). The van der Waals surface area contributed by atoms with Gasteiger partial charge < -0.3 is 10.3 Å². The molecule has 3 N–H and O–H groups in total. The fraction of sp³-hybridized carbons (Fsp3) is 0.143. The van der Waals surface area contributed by atoms with Gasteiger partial charge in [-0.1, -0.05) is 29.8 Å². The molecule has 0 unspecified atom stereocenters. The van der Waals surface area contributed by atoms with Crippen LogP contribution in [0.4, 0.5) is 5.69 Å². The predicted octanol–water partition coefficient (Wildman–Crippen LogP) is 4.31. The highest BCUT2D eigenvalue weighted by molar-refractivity contribution is 6.30. The standard InChI is InChI=1S/C21H20ClN5O/c1-3-27-12-18(23-15-8-6-7-14(22)11-15)19(13(2)28)20(26-27)21-24-16-9-4-5-10-17(16)25-21/h4-12,23,26H,3H2,1-2H3,(H,24,25). The largest absolute Gasteiger partial charge is 0.354 e. The number of imidazole rings is 1. The van der Waals surface area contributed by atoms with E-state index in [0.717, 1.165) is 16.7 Å². The molecule has 0 fully saturated rings. The molecule has 0 bridgehead atoms. The van der Waals surface area contributed by atoms with E-state index in [4.69, 9.17) is 11.6 Å².